The average molecular weight is 231 g/mol. The standard InChI is InChI=1S/C14H14FNO/c1-3-10-8-16(2)9-13(14(10)17)11-4-6-12(15)7-5-11/h4-9H,3H2,1-2H3. The molecule has 0 unspecified atom stereocenters. The van der Waals surface area contributed by atoms with Crippen LogP contribution in [0.25, 0.3) is 11.1 Å². The van der Waals surface area contributed by atoms with Gasteiger partial charge in [0.2, 0.25) is 0 Å². The van der Waals surface area contributed by atoms with Crippen molar-refractivity contribution >= 4 is 0 Å². The Morgan fingerprint density at radius 1 is 1.18 bits per heavy atom. The third kappa shape index (κ3) is 2.28. The minimum Gasteiger partial charge on any atom is -0.356 e. The predicted molar refractivity (Wildman–Crippen MR) is 66.5 cm³/mol. The van der Waals surface area contributed by atoms with Gasteiger partial charge in [-0.05, 0) is 24.1 Å². The molecule has 0 saturated heterocycles. The molecule has 0 radical (unpaired) electrons. The summed E-state index contributed by atoms with van der Waals surface area (Å²) in [5, 5.41) is 0. The fourth-order valence-corrected chi connectivity index (χ4v) is 1.86. The van der Waals surface area contributed by atoms with Crippen LogP contribution < -0.4 is 5.43 Å². The Morgan fingerprint density at radius 3 is 2.41 bits per heavy atom. The van der Waals surface area contributed by atoms with Gasteiger partial charge in [-0.25, -0.2) is 4.39 Å². The lowest BCUT2D eigenvalue weighted by atomic mass is 10.0. The van der Waals surface area contributed by atoms with Gasteiger partial charge in [-0.2, -0.15) is 0 Å². The van der Waals surface area contributed by atoms with E-state index >= 15 is 0 Å². The number of hydrogen-bond donors (Lipinski definition) is 0. The first-order chi connectivity index (χ1) is 8.11. The first-order valence-electron chi connectivity index (χ1n) is 5.57. The first-order valence-corrected chi connectivity index (χ1v) is 5.57. The summed E-state index contributed by atoms with van der Waals surface area (Å²) in [6.45, 7) is 1.95. The van der Waals surface area contributed by atoms with Crippen LogP contribution in [-0.4, -0.2) is 4.57 Å². The van der Waals surface area contributed by atoms with Gasteiger partial charge in [-0.15, -0.1) is 0 Å². The van der Waals surface area contributed by atoms with Gasteiger partial charge in [0.25, 0.3) is 0 Å². The third-order valence-corrected chi connectivity index (χ3v) is 2.76. The van der Waals surface area contributed by atoms with E-state index in [1.807, 2.05) is 24.7 Å². The zero-order valence-corrected chi connectivity index (χ0v) is 9.90. The monoisotopic (exact) mass is 231 g/mol. The summed E-state index contributed by atoms with van der Waals surface area (Å²) in [7, 11) is 1.88. The zero-order valence-electron chi connectivity index (χ0n) is 9.90. The van der Waals surface area contributed by atoms with Crippen LogP contribution in [0.15, 0.2) is 41.5 Å². The van der Waals surface area contributed by atoms with E-state index in [2.05, 4.69) is 0 Å². The van der Waals surface area contributed by atoms with Gasteiger partial charge in [-0.1, -0.05) is 19.1 Å². The Bertz CT molecular complexity index is 584. The molecule has 0 bridgehead atoms. The van der Waals surface area contributed by atoms with Crippen LogP contribution in [0.3, 0.4) is 0 Å². The molecule has 0 aliphatic heterocycles. The molecular weight excluding hydrogens is 217 g/mol. The molecule has 17 heavy (non-hydrogen) atoms. The van der Waals surface area contributed by atoms with Crippen LogP contribution in [0, 0.1) is 5.82 Å². The number of aryl methyl sites for hydroxylation is 2. The van der Waals surface area contributed by atoms with Crippen molar-refractivity contribution in [3.05, 3.63) is 58.3 Å². The number of benzene rings is 1. The maximum Gasteiger partial charge on any atom is 0.192 e. The second-order valence-electron chi connectivity index (χ2n) is 4.05. The highest BCUT2D eigenvalue weighted by atomic mass is 19.1. The van der Waals surface area contributed by atoms with Crippen molar-refractivity contribution in [1.82, 2.24) is 4.57 Å². The summed E-state index contributed by atoms with van der Waals surface area (Å²) < 4.78 is 14.7. The molecule has 88 valence electrons. The highest BCUT2D eigenvalue weighted by Crippen LogP contribution is 2.16. The molecule has 0 aliphatic carbocycles. The Morgan fingerprint density at radius 2 is 1.82 bits per heavy atom. The van der Waals surface area contributed by atoms with E-state index in [0.717, 1.165) is 11.1 Å². The summed E-state index contributed by atoms with van der Waals surface area (Å²) in [6.07, 6.45) is 4.30. The highest BCUT2D eigenvalue weighted by molar-refractivity contribution is 5.62. The number of halogens is 1. The van der Waals surface area contributed by atoms with E-state index in [1.54, 1.807) is 18.3 Å². The fraction of sp³-hybridized carbons (Fsp3) is 0.214. The summed E-state index contributed by atoms with van der Waals surface area (Å²) in [5.41, 5.74) is 2.17. The van der Waals surface area contributed by atoms with Crippen molar-refractivity contribution < 1.29 is 4.39 Å². The van der Waals surface area contributed by atoms with Crippen LogP contribution in [-0.2, 0) is 13.5 Å². The molecule has 0 N–H and O–H groups in total. The number of nitrogens with zero attached hydrogens (tertiary/aromatic N) is 1. The van der Waals surface area contributed by atoms with E-state index < -0.39 is 0 Å². The molecule has 2 rings (SSSR count). The molecule has 0 atom stereocenters. The van der Waals surface area contributed by atoms with Crippen molar-refractivity contribution in [3.63, 3.8) is 0 Å². The summed E-state index contributed by atoms with van der Waals surface area (Å²) in [6, 6.07) is 6.00. The molecule has 1 heterocycles. The average Bonchev–Trinajstić information content (AvgIpc) is 2.33. The van der Waals surface area contributed by atoms with Gasteiger partial charge in [-0.3, -0.25) is 4.79 Å². The topological polar surface area (TPSA) is 22.0 Å². The van der Waals surface area contributed by atoms with Crippen molar-refractivity contribution in [2.24, 2.45) is 7.05 Å². The van der Waals surface area contributed by atoms with Gasteiger partial charge in [0.1, 0.15) is 5.82 Å². The summed E-state index contributed by atoms with van der Waals surface area (Å²) in [4.78, 5) is 12.1. The first kappa shape index (κ1) is 11.6. The van der Waals surface area contributed by atoms with Gasteiger partial charge in [0.05, 0.1) is 0 Å². The number of rotatable bonds is 2. The van der Waals surface area contributed by atoms with Gasteiger partial charge in [0, 0.05) is 30.6 Å². The van der Waals surface area contributed by atoms with E-state index in [-0.39, 0.29) is 11.2 Å². The van der Waals surface area contributed by atoms with Crippen LogP contribution >= 0.6 is 0 Å². The van der Waals surface area contributed by atoms with Crippen LogP contribution in [0.4, 0.5) is 4.39 Å². The minimum absolute atomic E-state index is 0.0252. The van der Waals surface area contributed by atoms with Crippen molar-refractivity contribution in [2.75, 3.05) is 0 Å². The number of hydrogen-bond acceptors (Lipinski definition) is 1. The molecular formula is C14H14FNO. The Kier molecular flexibility index (Phi) is 3.09. The van der Waals surface area contributed by atoms with Crippen molar-refractivity contribution in [2.45, 2.75) is 13.3 Å². The third-order valence-electron chi connectivity index (χ3n) is 2.76. The maximum absolute atomic E-state index is 12.8. The van der Waals surface area contributed by atoms with E-state index in [4.69, 9.17) is 0 Å². The van der Waals surface area contributed by atoms with Gasteiger partial charge < -0.3 is 4.57 Å². The molecule has 2 nitrogen and oxygen atoms in total. The van der Waals surface area contributed by atoms with Gasteiger partial charge in [0.15, 0.2) is 5.43 Å². The zero-order chi connectivity index (χ0) is 12.4. The summed E-state index contributed by atoms with van der Waals surface area (Å²) >= 11 is 0. The Balaban J connectivity index is 2.63. The fourth-order valence-electron chi connectivity index (χ4n) is 1.86. The second-order valence-corrected chi connectivity index (χ2v) is 4.05. The second kappa shape index (κ2) is 4.53. The lowest BCUT2D eigenvalue weighted by molar-refractivity contribution is 0.628. The lowest BCUT2D eigenvalue weighted by Crippen LogP contribution is -2.13. The molecule has 2 aromatic rings. The largest absolute Gasteiger partial charge is 0.356 e. The van der Waals surface area contributed by atoms with Crippen LogP contribution in [0.2, 0.25) is 0 Å². The minimum atomic E-state index is -0.294. The molecule has 0 fully saturated rings. The SMILES string of the molecule is CCc1cn(C)cc(-c2ccc(F)cc2)c1=O. The molecule has 0 amide bonds. The highest BCUT2D eigenvalue weighted by Gasteiger charge is 2.07. The number of pyridine rings is 1. The van der Waals surface area contributed by atoms with E-state index in [9.17, 15) is 9.18 Å². The Hall–Kier alpha value is -1.90. The quantitative estimate of drug-likeness (QED) is 0.779. The smallest absolute Gasteiger partial charge is 0.192 e. The Labute approximate surface area is 99.3 Å². The lowest BCUT2D eigenvalue weighted by Gasteiger charge is -2.07. The van der Waals surface area contributed by atoms with Crippen LogP contribution in [0.5, 0.6) is 0 Å². The van der Waals surface area contributed by atoms with Crippen molar-refractivity contribution in [1.29, 1.82) is 0 Å². The molecule has 3 heteroatoms. The van der Waals surface area contributed by atoms with Crippen molar-refractivity contribution in [3.8, 4) is 11.1 Å². The molecule has 0 spiro atoms. The molecule has 0 saturated carbocycles. The van der Waals surface area contributed by atoms with Crippen LogP contribution in [0.1, 0.15) is 12.5 Å². The van der Waals surface area contributed by atoms with E-state index in [1.165, 1.54) is 12.1 Å². The number of aromatic nitrogens is 1. The van der Waals surface area contributed by atoms with Gasteiger partial charge >= 0.3 is 0 Å². The molecule has 1 aromatic carbocycles. The summed E-state index contributed by atoms with van der Waals surface area (Å²) in [5.74, 6) is -0.294. The molecule has 1 aromatic heterocycles. The maximum atomic E-state index is 12.8. The molecule has 0 aliphatic rings. The normalized spacial score (nSPS) is 10.5. The predicted octanol–water partition coefficient (Wildman–Crippen LogP) is 2.75. The van der Waals surface area contributed by atoms with E-state index in [0.29, 0.717) is 12.0 Å².